The molecule has 1 N–H and O–H groups in total. The summed E-state index contributed by atoms with van der Waals surface area (Å²) < 4.78 is 9.82. The van der Waals surface area contributed by atoms with Gasteiger partial charge < -0.3 is 14.6 Å². The lowest BCUT2D eigenvalue weighted by molar-refractivity contribution is 0.0601. The van der Waals surface area contributed by atoms with Crippen molar-refractivity contribution in [2.24, 2.45) is 5.92 Å². The summed E-state index contributed by atoms with van der Waals surface area (Å²) in [6, 6.07) is 1.56. The van der Waals surface area contributed by atoms with Crippen molar-refractivity contribution in [2.75, 3.05) is 12.4 Å². The summed E-state index contributed by atoms with van der Waals surface area (Å²) in [5.74, 6) is 0.332. The maximum atomic E-state index is 12.3. The van der Waals surface area contributed by atoms with E-state index in [0.29, 0.717) is 22.2 Å². The average molecular weight is 334 g/mol. The van der Waals surface area contributed by atoms with E-state index in [-0.39, 0.29) is 5.69 Å². The Kier molecular flexibility index (Phi) is 4.21. The highest BCUT2D eigenvalue weighted by Gasteiger charge is 2.29. The van der Waals surface area contributed by atoms with E-state index in [9.17, 15) is 9.59 Å². The summed E-state index contributed by atoms with van der Waals surface area (Å²) in [4.78, 5) is 25.6. The van der Waals surface area contributed by atoms with Gasteiger partial charge in [-0.1, -0.05) is 12.1 Å². The number of thiophene rings is 1. The normalized spacial score (nSPS) is 16.7. The van der Waals surface area contributed by atoms with Gasteiger partial charge in [-0.25, -0.2) is 4.79 Å². The number of nitrogens with zero attached hydrogens (tertiary/aromatic N) is 1. The Balaban J connectivity index is 1.95. The van der Waals surface area contributed by atoms with Gasteiger partial charge in [0.25, 0.3) is 5.91 Å². The lowest BCUT2D eigenvalue weighted by Gasteiger charge is -2.18. The van der Waals surface area contributed by atoms with Crippen LogP contribution in [0.4, 0.5) is 5.00 Å². The second-order valence-electron chi connectivity index (χ2n) is 5.82. The van der Waals surface area contributed by atoms with Crippen LogP contribution in [0, 0.1) is 12.8 Å². The number of esters is 1. The van der Waals surface area contributed by atoms with Gasteiger partial charge >= 0.3 is 5.97 Å². The van der Waals surface area contributed by atoms with Gasteiger partial charge in [-0.15, -0.1) is 11.3 Å². The van der Waals surface area contributed by atoms with Crippen molar-refractivity contribution in [3.05, 3.63) is 33.5 Å². The first-order valence-corrected chi connectivity index (χ1v) is 8.28. The summed E-state index contributed by atoms with van der Waals surface area (Å²) in [6.45, 7) is 3.91. The van der Waals surface area contributed by atoms with E-state index < -0.39 is 11.9 Å². The number of carbonyl (C=O) groups excluding carboxylic acids is 2. The Morgan fingerprint density at radius 2 is 2.26 bits per heavy atom. The molecule has 122 valence electrons. The molecule has 0 saturated carbocycles. The first-order valence-electron chi connectivity index (χ1n) is 7.47. The average Bonchev–Trinajstić information content (AvgIpc) is 3.09. The Hall–Kier alpha value is -2.15. The lowest BCUT2D eigenvalue weighted by Crippen LogP contribution is -2.16. The summed E-state index contributed by atoms with van der Waals surface area (Å²) in [7, 11) is 1.35. The largest absolute Gasteiger partial charge is 0.465 e. The molecular weight excluding hydrogens is 316 g/mol. The number of carbonyl (C=O) groups is 2. The van der Waals surface area contributed by atoms with Gasteiger partial charge in [-0.2, -0.15) is 0 Å². The summed E-state index contributed by atoms with van der Waals surface area (Å²) in [5, 5.41) is 7.01. The van der Waals surface area contributed by atoms with Crippen LogP contribution in [0.5, 0.6) is 0 Å². The van der Waals surface area contributed by atoms with Crippen molar-refractivity contribution >= 4 is 28.2 Å². The maximum Gasteiger partial charge on any atom is 0.341 e. The van der Waals surface area contributed by atoms with Crippen LogP contribution < -0.4 is 5.32 Å². The second kappa shape index (κ2) is 6.16. The molecule has 1 atom stereocenters. The smallest absolute Gasteiger partial charge is 0.341 e. The van der Waals surface area contributed by atoms with Gasteiger partial charge in [0.05, 0.1) is 12.7 Å². The topological polar surface area (TPSA) is 81.4 Å². The highest BCUT2D eigenvalue weighted by atomic mass is 32.1. The molecule has 0 radical (unpaired) electrons. The Bertz CT molecular complexity index is 762. The van der Waals surface area contributed by atoms with Crippen molar-refractivity contribution < 1.29 is 18.8 Å². The fraction of sp³-hybridized carbons (Fsp3) is 0.438. The van der Waals surface area contributed by atoms with Crippen molar-refractivity contribution in [1.29, 1.82) is 0 Å². The highest BCUT2D eigenvalue weighted by molar-refractivity contribution is 7.17. The predicted octanol–water partition coefficient (Wildman–Crippen LogP) is 3.21. The lowest BCUT2D eigenvalue weighted by atomic mass is 9.88. The molecule has 2 heterocycles. The van der Waals surface area contributed by atoms with Crippen LogP contribution in [0.25, 0.3) is 0 Å². The number of anilines is 1. The fourth-order valence-electron chi connectivity index (χ4n) is 2.80. The number of fused-ring (bicyclic) bond motifs is 1. The highest BCUT2D eigenvalue weighted by Crippen LogP contribution is 2.40. The fourth-order valence-corrected chi connectivity index (χ4v) is 4.19. The van der Waals surface area contributed by atoms with E-state index in [4.69, 9.17) is 9.26 Å². The number of aryl methyl sites for hydroxylation is 1. The quantitative estimate of drug-likeness (QED) is 0.872. The monoisotopic (exact) mass is 334 g/mol. The third-order valence-corrected chi connectivity index (χ3v) is 5.16. The number of aromatic nitrogens is 1. The number of rotatable bonds is 3. The molecule has 2 aromatic heterocycles. The molecule has 7 heteroatoms. The predicted molar refractivity (Wildman–Crippen MR) is 86.0 cm³/mol. The summed E-state index contributed by atoms with van der Waals surface area (Å²) >= 11 is 1.45. The minimum absolute atomic E-state index is 0.193. The number of nitrogens with one attached hydrogen (secondary N) is 1. The maximum absolute atomic E-state index is 12.3. The van der Waals surface area contributed by atoms with Crippen molar-refractivity contribution in [3.63, 3.8) is 0 Å². The van der Waals surface area contributed by atoms with Crippen LogP contribution in [-0.2, 0) is 17.6 Å². The van der Waals surface area contributed by atoms with Gasteiger partial charge in [0.2, 0.25) is 0 Å². The van der Waals surface area contributed by atoms with Gasteiger partial charge in [0, 0.05) is 10.9 Å². The number of hydrogen-bond acceptors (Lipinski definition) is 6. The molecule has 1 aliphatic rings. The molecule has 3 rings (SSSR count). The first kappa shape index (κ1) is 15.7. The molecule has 1 unspecified atom stereocenters. The molecule has 0 aliphatic heterocycles. The summed E-state index contributed by atoms with van der Waals surface area (Å²) in [6.07, 6.45) is 2.78. The van der Waals surface area contributed by atoms with Crippen LogP contribution in [0.2, 0.25) is 0 Å². The third kappa shape index (κ3) is 3.01. The molecular formula is C16H18N2O4S. The van der Waals surface area contributed by atoms with Crippen LogP contribution in [0.3, 0.4) is 0 Å². The number of ether oxygens (including phenoxy) is 1. The minimum atomic E-state index is -0.413. The molecule has 0 aromatic carbocycles. The van der Waals surface area contributed by atoms with E-state index >= 15 is 0 Å². The Morgan fingerprint density at radius 3 is 2.91 bits per heavy atom. The first-order chi connectivity index (χ1) is 11.0. The third-order valence-electron chi connectivity index (χ3n) is 3.99. The van der Waals surface area contributed by atoms with Crippen LogP contribution in [0.15, 0.2) is 10.6 Å². The van der Waals surface area contributed by atoms with Gasteiger partial charge in [0.1, 0.15) is 10.8 Å². The molecule has 2 aromatic rings. The zero-order valence-electron chi connectivity index (χ0n) is 13.3. The van der Waals surface area contributed by atoms with E-state index in [0.717, 1.165) is 29.7 Å². The molecule has 0 spiro atoms. The van der Waals surface area contributed by atoms with Crippen LogP contribution >= 0.6 is 11.3 Å². The zero-order valence-corrected chi connectivity index (χ0v) is 14.1. The van der Waals surface area contributed by atoms with Gasteiger partial charge in [-0.3, -0.25) is 4.79 Å². The SMILES string of the molecule is COC(=O)c1c(NC(=O)c2cc(C)on2)sc2c1CCC(C)C2. The van der Waals surface area contributed by atoms with Gasteiger partial charge in [0.15, 0.2) is 5.69 Å². The minimum Gasteiger partial charge on any atom is -0.465 e. The number of hydrogen-bond donors (Lipinski definition) is 1. The molecule has 23 heavy (non-hydrogen) atoms. The van der Waals surface area contributed by atoms with E-state index in [1.165, 1.54) is 18.4 Å². The molecule has 0 saturated heterocycles. The van der Waals surface area contributed by atoms with E-state index in [1.54, 1.807) is 13.0 Å². The summed E-state index contributed by atoms with van der Waals surface area (Å²) in [5.41, 5.74) is 1.68. The van der Waals surface area contributed by atoms with Crippen molar-refractivity contribution in [1.82, 2.24) is 5.16 Å². The molecule has 0 fully saturated rings. The van der Waals surface area contributed by atoms with E-state index in [1.807, 2.05) is 0 Å². The Labute approximate surface area is 137 Å². The Morgan fingerprint density at radius 1 is 1.48 bits per heavy atom. The number of methoxy groups -OCH3 is 1. The van der Waals surface area contributed by atoms with E-state index in [2.05, 4.69) is 17.4 Å². The standard InChI is InChI=1S/C16H18N2O4S/c1-8-4-5-10-12(6-8)23-15(13(10)16(20)21-3)17-14(19)11-7-9(2)22-18-11/h7-8H,4-6H2,1-3H3,(H,17,19). The van der Waals surface area contributed by atoms with Gasteiger partial charge in [-0.05, 0) is 37.7 Å². The molecule has 6 nitrogen and oxygen atoms in total. The van der Waals surface area contributed by atoms with Crippen LogP contribution in [0.1, 0.15) is 50.4 Å². The molecule has 1 amide bonds. The second-order valence-corrected chi connectivity index (χ2v) is 6.93. The number of amides is 1. The van der Waals surface area contributed by atoms with Crippen LogP contribution in [-0.4, -0.2) is 24.1 Å². The molecule has 0 bridgehead atoms. The molecule has 1 aliphatic carbocycles. The van der Waals surface area contributed by atoms with Crippen molar-refractivity contribution in [3.8, 4) is 0 Å². The van der Waals surface area contributed by atoms with Crippen molar-refractivity contribution in [2.45, 2.75) is 33.1 Å². The zero-order chi connectivity index (χ0) is 16.6.